The predicted octanol–water partition coefficient (Wildman–Crippen LogP) is 2.67. The molecule has 0 bridgehead atoms. The molecule has 3 aromatic rings. The standard InChI is InChI=1S/C20H18N4O2/c1-12(11-25)13-6-7-17-16(8-13)18(23-20(21)22-17)19(26)24-9-14-4-2-3-5-15(14)10-24/h2-8,11-12H,9-10H2,1H3,(H2,21,22,23). The molecule has 0 saturated carbocycles. The average molecular weight is 346 g/mol. The Balaban J connectivity index is 1.78. The molecule has 26 heavy (non-hydrogen) atoms. The summed E-state index contributed by atoms with van der Waals surface area (Å²) in [6.45, 7) is 2.90. The maximum Gasteiger partial charge on any atom is 0.273 e. The fraction of sp³-hybridized carbons (Fsp3) is 0.200. The van der Waals surface area contributed by atoms with Crippen LogP contribution in [0.3, 0.4) is 0 Å². The van der Waals surface area contributed by atoms with Crippen LogP contribution in [0.15, 0.2) is 42.5 Å². The third kappa shape index (κ3) is 2.69. The number of nitrogens with zero attached hydrogens (tertiary/aromatic N) is 3. The Morgan fingerprint density at radius 1 is 1.15 bits per heavy atom. The SMILES string of the molecule is CC(C=O)c1ccc2nc(N)nc(C(=O)N3Cc4ccccc4C3)c2c1. The van der Waals surface area contributed by atoms with E-state index in [9.17, 15) is 9.59 Å². The lowest BCUT2D eigenvalue weighted by Crippen LogP contribution is -2.27. The second-order valence-corrected chi connectivity index (χ2v) is 6.56. The van der Waals surface area contributed by atoms with Crippen LogP contribution in [-0.2, 0) is 17.9 Å². The van der Waals surface area contributed by atoms with E-state index >= 15 is 0 Å². The lowest BCUT2D eigenvalue weighted by molar-refractivity contribution is -0.108. The van der Waals surface area contributed by atoms with Gasteiger partial charge in [0.25, 0.3) is 5.91 Å². The third-order valence-corrected chi connectivity index (χ3v) is 4.80. The van der Waals surface area contributed by atoms with Gasteiger partial charge in [0.15, 0.2) is 0 Å². The lowest BCUT2D eigenvalue weighted by atomic mass is 10.00. The molecule has 0 radical (unpaired) electrons. The van der Waals surface area contributed by atoms with Crippen molar-refractivity contribution in [3.8, 4) is 0 Å². The number of rotatable bonds is 3. The van der Waals surface area contributed by atoms with Gasteiger partial charge in [-0.3, -0.25) is 4.79 Å². The first kappa shape index (κ1) is 16.2. The van der Waals surface area contributed by atoms with Gasteiger partial charge in [0.1, 0.15) is 12.0 Å². The van der Waals surface area contributed by atoms with Crippen molar-refractivity contribution in [2.24, 2.45) is 0 Å². The molecule has 1 aliphatic heterocycles. The van der Waals surface area contributed by atoms with Crippen molar-refractivity contribution in [2.45, 2.75) is 25.9 Å². The van der Waals surface area contributed by atoms with E-state index < -0.39 is 0 Å². The first-order valence-electron chi connectivity index (χ1n) is 8.45. The molecule has 130 valence electrons. The zero-order valence-electron chi connectivity index (χ0n) is 14.3. The number of aromatic nitrogens is 2. The first-order valence-corrected chi connectivity index (χ1v) is 8.45. The van der Waals surface area contributed by atoms with E-state index in [4.69, 9.17) is 5.73 Å². The van der Waals surface area contributed by atoms with Gasteiger partial charge >= 0.3 is 0 Å². The molecule has 0 aliphatic carbocycles. The molecule has 6 heteroatoms. The molecule has 6 nitrogen and oxygen atoms in total. The van der Waals surface area contributed by atoms with Gasteiger partial charge in [-0.1, -0.05) is 37.3 Å². The van der Waals surface area contributed by atoms with Crippen LogP contribution in [0.25, 0.3) is 10.9 Å². The Hall–Kier alpha value is -3.28. The number of carbonyl (C=O) groups is 2. The van der Waals surface area contributed by atoms with Gasteiger partial charge in [0, 0.05) is 24.4 Å². The molecule has 0 saturated heterocycles. The number of nitrogen functional groups attached to an aromatic ring is 1. The smallest absolute Gasteiger partial charge is 0.273 e. The van der Waals surface area contributed by atoms with Crippen molar-refractivity contribution < 1.29 is 9.59 Å². The summed E-state index contributed by atoms with van der Waals surface area (Å²) >= 11 is 0. The largest absolute Gasteiger partial charge is 0.368 e. The zero-order chi connectivity index (χ0) is 18.3. The summed E-state index contributed by atoms with van der Waals surface area (Å²) in [7, 11) is 0. The topological polar surface area (TPSA) is 89.2 Å². The number of nitrogens with two attached hydrogens (primary N) is 1. The van der Waals surface area contributed by atoms with Crippen molar-refractivity contribution in [1.82, 2.24) is 14.9 Å². The Labute approximate surface area is 150 Å². The minimum atomic E-state index is -0.268. The monoisotopic (exact) mass is 346 g/mol. The normalized spacial score (nSPS) is 14.3. The van der Waals surface area contributed by atoms with Crippen LogP contribution in [-0.4, -0.2) is 27.1 Å². The molecule has 2 aromatic carbocycles. The number of fused-ring (bicyclic) bond motifs is 2. The summed E-state index contributed by atoms with van der Waals surface area (Å²) in [4.78, 5) is 34.5. The Kier molecular flexibility index (Phi) is 3.88. The molecule has 2 heterocycles. The molecule has 4 rings (SSSR count). The highest BCUT2D eigenvalue weighted by atomic mass is 16.2. The van der Waals surface area contributed by atoms with Crippen LogP contribution in [0.5, 0.6) is 0 Å². The zero-order valence-corrected chi connectivity index (χ0v) is 14.3. The number of benzene rings is 2. The molecule has 0 fully saturated rings. The Morgan fingerprint density at radius 3 is 2.50 bits per heavy atom. The Bertz CT molecular complexity index is 1010. The van der Waals surface area contributed by atoms with Crippen LogP contribution in [0, 0.1) is 0 Å². The molecule has 1 amide bonds. The van der Waals surface area contributed by atoms with Crippen LogP contribution in [0.2, 0.25) is 0 Å². The number of hydrogen-bond donors (Lipinski definition) is 1. The highest BCUT2D eigenvalue weighted by molar-refractivity contribution is 6.05. The van der Waals surface area contributed by atoms with E-state index in [1.807, 2.05) is 43.3 Å². The summed E-state index contributed by atoms with van der Waals surface area (Å²) in [6.07, 6.45) is 0.873. The summed E-state index contributed by atoms with van der Waals surface area (Å²) in [5.74, 6) is -0.388. The highest BCUT2D eigenvalue weighted by Crippen LogP contribution is 2.27. The van der Waals surface area contributed by atoms with Crippen molar-refractivity contribution in [3.63, 3.8) is 0 Å². The van der Waals surface area contributed by atoms with Gasteiger partial charge in [-0.15, -0.1) is 0 Å². The number of amides is 1. The number of anilines is 1. The summed E-state index contributed by atoms with van der Waals surface area (Å²) in [5.41, 5.74) is 9.80. The van der Waals surface area contributed by atoms with Gasteiger partial charge in [-0.05, 0) is 28.8 Å². The first-order chi connectivity index (χ1) is 12.6. The summed E-state index contributed by atoms with van der Waals surface area (Å²) in [6, 6.07) is 13.4. The van der Waals surface area contributed by atoms with E-state index in [0.717, 1.165) is 23.0 Å². The van der Waals surface area contributed by atoms with E-state index in [1.54, 1.807) is 11.0 Å². The molecule has 1 unspecified atom stereocenters. The molecule has 0 spiro atoms. The van der Waals surface area contributed by atoms with Crippen LogP contribution in [0.4, 0.5) is 5.95 Å². The van der Waals surface area contributed by atoms with E-state index in [0.29, 0.717) is 24.0 Å². The van der Waals surface area contributed by atoms with Gasteiger partial charge in [-0.25, -0.2) is 9.97 Å². The minimum absolute atomic E-state index is 0.0637. The van der Waals surface area contributed by atoms with Crippen molar-refractivity contribution in [1.29, 1.82) is 0 Å². The molecule has 1 aliphatic rings. The predicted molar refractivity (Wildman–Crippen MR) is 98.4 cm³/mol. The van der Waals surface area contributed by atoms with Crippen LogP contribution >= 0.6 is 0 Å². The van der Waals surface area contributed by atoms with Crippen LogP contribution < -0.4 is 5.73 Å². The fourth-order valence-electron chi connectivity index (χ4n) is 3.32. The fourth-order valence-corrected chi connectivity index (χ4v) is 3.32. The van der Waals surface area contributed by atoms with Gasteiger partial charge < -0.3 is 15.4 Å². The maximum atomic E-state index is 13.1. The van der Waals surface area contributed by atoms with E-state index in [2.05, 4.69) is 9.97 Å². The van der Waals surface area contributed by atoms with Gasteiger partial charge in [0.2, 0.25) is 5.95 Å². The van der Waals surface area contributed by atoms with Crippen molar-refractivity contribution in [2.75, 3.05) is 5.73 Å². The third-order valence-electron chi connectivity index (χ3n) is 4.80. The maximum absolute atomic E-state index is 13.1. The number of carbonyl (C=O) groups excluding carboxylic acids is 2. The molecular weight excluding hydrogens is 328 g/mol. The molecule has 1 atom stereocenters. The van der Waals surface area contributed by atoms with Crippen LogP contribution in [0.1, 0.15) is 40.0 Å². The molecular formula is C20H18N4O2. The van der Waals surface area contributed by atoms with Gasteiger partial charge in [-0.2, -0.15) is 0 Å². The molecule has 1 aromatic heterocycles. The number of hydrogen-bond acceptors (Lipinski definition) is 5. The van der Waals surface area contributed by atoms with E-state index in [-0.39, 0.29) is 23.5 Å². The lowest BCUT2D eigenvalue weighted by Gasteiger charge is -2.17. The molecule has 2 N–H and O–H groups in total. The van der Waals surface area contributed by atoms with Gasteiger partial charge in [0.05, 0.1) is 5.52 Å². The Morgan fingerprint density at radius 2 is 1.85 bits per heavy atom. The minimum Gasteiger partial charge on any atom is -0.368 e. The summed E-state index contributed by atoms with van der Waals surface area (Å²) < 4.78 is 0. The van der Waals surface area contributed by atoms with E-state index in [1.165, 1.54) is 0 Å². The second-order valence-electron chi connectivity index (χ2n) is 6.56. The second kappa shape index (κ2) is 6.22. The quantitative estimate of drug-likeness (QED) is 0.737. The van der Waals surface area contributed by atoms with Crippen molar-refractivity contribution in [3.05, 3.63) is 64.8 Å². The summed E-state index contributed by atoms with van der Waals surface area (Å²) in [5, 5.41) is 0.617. The highest BCUT2D eigenvalue weighted by Gasteiger charge is 2.27. The average Bonchev–Trinajstić information content (AvgIpc) is 3.10. The van der Waals surface area contributed by atoms with Crippen molar-refractivity contribution >= 4 is 29.0 Å². The number of aldehydes is 1.